The molecule has 0 fully saturated rings. The molecular weight excluding hydrogens is 968 g/mol. The van der Waals surface area contributed by atoms with Crippen molar-refractivity contribution in [1.82, 2.24) is 0 Å². The molecule has 0 N–H and O–H groups in total. The first-order chi connectivity index (χ1) is 30.4. The summed E-state index contributed by atoms with van der Waals surface area (Å²) < 4.78 is 49.6. The molecule has 0 aliphatic heterocycles. The molecule has 11 heteroatoms. The van der Waals surface area contributed by atoms with Gasteiger partial charge in [-0.1, -0.05) is 120 Å². The minimum atomic E-state index is -3.79. The summed E-state index contributed by atoms with van der Waals surface area (Å²) in [5.74, 6) is 2.74. The van der Waals surface area contributed by atoms with Crippen LogP contribution >= 0.6 is 31.9 Å². The highest BCUT2D eigenvalue weighted by Gasteiger charge is 2.28. The second-order valence-corrected chi connectivity index (χ2v) is 24.0. The van der Waals surface area contributed by atoms with E-state index in [-0.39, 0.29) is 38.5 Å². The molecule has 6 aromatic rings. The number of halogens is 2. The van der Waals surface area contributed by atoms with Crippen LogP contribution in [0.2, 0.25) is 0 Å². The maximum atomic E-state index is 13.6. The Balaban J connectivity index is 1.02. The zero-order valence-electron chi connectivity index (χ0n) is 38.3. The SMILES string of the molecule is CC(Oc1ccc(C(C)(C)c2ccc(OCCC(=O)C(C)(C)Br)cc2)cc1)c1ccc(S(=O)(=O)c2ccc(Oc3ccc(C(C)(C)c4ccc(OC(=O)C(C)(C)Br)cc4)cc3)cc2)cc1. The standard InChI is InChI=1S/C54H56Br2O8S/c1-36(62-43-22-14-39(15-23-43)51(2,3)38-12-20-42(21-13-38)61-35-34-49(57)53(6,7)55)37-10-30-47(31-11-37)65(59,60)48-32-28-45(29-33-48)63-44-24-16-40(17-25-44)52(4,5)41-18-26-46(27-19-41)64-50(58)54(8,9)56/h10-33,36H,34-35H2,1-9H3. The molecule has 0 amide bonds. The van der Waals surface area contributed by atoms with Gasteiger partial charge in [-0.25, -0.2) is 8.42 Å². The van der Waals surface area contributed by atoms with Crippen molar-refractivity contribution in [2.45, 2.75) is 104 Å². The summed E-state index contributed by atoms with van der Waals surface area (Å²) >= 11 is 6.74. The van der Waals surface area contributed by atoms with E-state index in [2.05, 4.69) is 71.7 Å². The van der Waals surface area contributed by atoms with Crippen molar-refractivity contribution >= 4 is 53.4 Å². The highest BCUT2D eigenvalue weighted by atomic mass is 79.9. The lowest BCUT2D eigenvalue weighted by molar-refractivity contribution is -0.136. The summed E-state index contributed by atoms with van der Waals surface area (Å²) in [5, 5.41) is 0. The predicted octanol–water partition coefficient (Wildman–Crippen LogP) is 13.7. The van der Waals surface area contributed by atoms with Crippen molar-refractivity contribution in [3.05, 3.63) is 173 Å². The summed E-state index contributed by atoms with van der Waals surface area (Å²) in [5.41, 5.74) is 4.55. The minimum absolute atomic E-state index is 0.0939. The zero-order chi connectivity index (χ0) is 47.4. The van der Waals surface area contributed by atoms with Crippen LogP contribution in [0, 0.1) is 0 Å². The van der Waals surface area contributed by atoms with E-state index in [1.165, 1.54) is 0 Å². The molecule has 0 aliphatic carbocycles. The summed E-state index contributed by atoms with van der Waals surface area (Å²) in [6, 6.07) is 44.4. The Morgan fingerprint density at radius 1 is 0.508 bits per heavy atom. The highest BCUT2D eigenvalue weighted by Crippen LogP contribution is 2.37. The van der Waals surface area contributed by atoms with Gasteiger partial charge in [0.25, 0.3) is 0 Å². The van der Waals surface area contributed by atoms with E-state index >= 15 is 0 Å². The average molecular weight is 1020 g/mol. The normalized spacial score (nSPS) is 12.8. The zero-order valence-corrected chi connectivity index (χ0v) is 42.3. The van der Waals surface area contributed by atoms with Gasteiger partial charge in [0.15, 0.2) is 5.78 Å². The second-order valence-electron chi connectivity index (χ2n) is 18.1. The number of benzene rings is 6. The van der Waals surface area contributed by atoms with Gasteiger partial charge in [-0.2, -0.15) is 0 Å². The fraction of sp³-hybridized carbons (Fsp3) is 0.296. The smallest absolute Gasteiger partial charge is 0.327 e. The number of carbonyl (C=O) groups is 2. The molecule has 8 nitrogen and oxygen atoms in total. The van der Waals surface area contributed by atoms with E-state index in [4.69, 9.17) is 18.9 Å². The minimum Gasteiger partial charge on any atom is -0.493 e. The molecule has 0 saturated heterocycles. The van der Waals surface area contributed by atoms with Crippen LogP contribution in [0.3, 0.4) is 0 Å². The lowest BCUT2D eigenvalue weighted by Gasteiger charge is -2.27. The number of alkyl halides is 2. The Morgan fingerprint density at radius 2 is 0.877 bits per heavy atom. The molecule has 0 bridgehead atoms. The second kappa shape index (κ2) is 19.7. The number of ether oxygens (including phenoxy) is 4. The molecule has 6 aromatic carbocycles. The number of hydrogen-bond donors (Lipinski definition) is 0. The summed E-state index contributed by atoms with van der Waals surface area (Å²) in [6.45, 7) is 18.0. The van der Waals surface area contributed by atoms with Crippen LogP contribution in [0.4, 0.5) is 0 Å². The Bertz CT molecular complexity index is 2680. The van der Waals surface area contributed by atoms with Crippen molar-refractivity contribution < 1.29 is 37.0 Å². The fourth-order valence-corrected chi connectivity index (χ4v) is 8.61. The molecule has 0 radical (unpaired) electrons. The summed E-state index contributed by atoms with van der Waals surface area (Å²) in [7, 11) is -3.79. The molecule has 1 atom stereocenters. The van der Waals surface area contributed by atoms with Crippen LogP contribution in [0.15, 0.2) is 155 Å². The maximum Gasteiger partial charge on any atom is 0.327 e. The number of esters is 1. The highest BCUT2D eigenvalue weighted by molar-refractivity contribution is 9.10. The van der Waals surface area contributed by atoms with Crippen molar-refractivity contribution in [2.24, 2.45) is 0 Å². The van der Waals surface area contributed by atoms with E-state index in [0.29, 0.717) is 36.0 Å². The molecule has 0 aliphatic rings. The molecule has 340 valence electrons. The van der Waals surface area contributed by atoms with E-state index in [9.17, 15) is 18.0 Å². The third-order valence-electron chi connectivity index (χ3n) is 11.6. The van der Waals surface area contributed by atoms with Crippen LogP contribution in [0.25, 0.3) is 0 Å². The Kier molecular flexibility index (Phi) is 14.9. The Hall–Kier alpha value is -5.23. The number of hydrogen-bond acceptors (Lipinski definition) is 8. The first-order valence-electron chi connectivity index (χ1n) is 21.4. The molecule has 0 saturated carbocycles. The molecule has 0 heterocycles. The molecule has 65 heavy (non-hydrogen) atoms. The van der Waals surface area contributed by atoms with Gasteiger partial charge in [0.05, 0.1) is 20.7 Å². The maximum absolute atomic E-state index is 13.6. The third kappa shape index (κ3) is 12.2. The van der Waals surface area contributed by atoms with Gasteiger partial charge in [0.1, 0.15) is 39.2 Å². The molecular formula is C54H56Br2O8S. The summed E-state index contributed by atoms with van der Waals surface area (Å²) in [4.78, 5) is 24.8. The van der Waals surface area contributed by atoms with Gasteiger partial charge < -0.3 is 18.9 Å². The monoisotopic (exact) mass is 1020 g/mol. The number of ketones is 1. The van der Waals surface area contributed by atoms with Crippen LogP contribution in [0.5, 0.6) is 28.7 Å². The fourth-order valence-electron chi connectivity index (χ4n) is 7.07. The van der Waals surface area contributed by atoms with Crippen LogP contribution in [-0.4, -0.2) is 35.4 Å². The van der Waals surface area contributed by atoms with Crippen molar-refractivity contribution in [3.63, 3.8) is 0 Å². The number of Topliss-reactive ketones (excluding diaryl/α,β-unsaturated/α-hetero) is 1. The third-order valence-corrected chi connectivity index (χ3v) is 14.2. The molecule has 0 spiro atoms. The first-order valence-corrected chi connectivity index (χ1v) is 24.5. The largest absolute Gasteiger partial charge is 0.493 e. The number of sulfone groups is 1. The van der Waals surface area contributed by atoms with Crippen molar-refractivity contribution in [3.8, 4) is 28.7 Å². The number of carbonyl (C=O) groups excluding carboxylic acids is 2. The quantitative estimate of drug-likeness (QED) is 0.0476. The lowest BCUT2D eigenvalue weighted by Crippen LogP contribution is -2.29. The van der Waals surface area contributed by atoms with E-state index in [0.717, 1.165) is 33.6 Å². The van der Waals surface area contributed by atoms with Crippen LogP contribution < -0.4 is 18.9 Å². The van der Waals surface area contributed by atoms with Gasteiger partial charge in [0, 0.05) is 17.3 Å². The van der Waals surface area contributed by atoms with Crippen molar-refractivity contribution in [1.29, 1.82) is 0 Å². The van der Waals surface area contributed by atoms with Gasteiger partial charge in [0.2, 0.25) is 9.84 Å². The topological polar surface area (TPSA) is 105 Å². The Morgan fingerprint density at radius 3 is 1.29 bits per heavy atom. The van der Waals surface area contributed by atoms with Crippen LogP contribution in [-0.2, 0) is 30.3 Å². The number of rotatable bonds is 18. The van der Waals surface area contributed by atoms with Crippen molar-refractivity contribution in [2.75, 3.05) is 6.61 Å². The van der Waals surface area contributed by atoms with E-state index in [1.807, 2.05) is 93.6 Å². The van der Waals surface area contributed by atoms with E-state index in [1.54, 1.807) is 74.5 Å². The first kappa shape index (κ1) is 49.2. The van der Waals surface area contributed by atoms with E-state index < -0.39 is 18.5 Å². The Labute approximate surface area is 400 Å². The predicted molar refractivity (Wildman–Crippen MR) is 264 cm³/mol. The summed E-state index contributed by atoms with van der Waals surface area (Å²) in [6.07, 6.45) is -0.000920. The average Bonchev–Trinajstić information content (AvgIpc) is 3.26. The molecule has 1 unspecified atom stereocenters. The lowest BCUT2D eigenvalue weighted by atomic mass is 9.78. The molecule has 0 aromatic heterocycles. The van der Waals surface area contributed by atoms with Gasteiger partial charge in [-0.15, -0.1) is 0 Å². The molecule has 6 rings (SSSR count). The van der Waals surface area contributed by atoms with Gasteiger partial charge in [-0.05, 0) is 147 Å². The van der Waals surface area contributed by atoms with Gasteiger partial charge >= 0.3 is 5.97 Å². The van der Waals surface area contributed by atoms with Gasteiger partial charge in [-0.3, -0.25) is 9.59 Å². The van der Waals surface area contributed by atoms with Crippen LogP contribution in [0.1, 0.15) is 103 Å².